The number of phosphoric acid groups is 1. The van der Waals surface area contributed by atoms with E-state index in [9.17, 15) is 23.8 Å². The van der Waals surface area contributed by atoms with E-state index < -0.39 is 51.1 Å². The van der Waals surface area contributed by atoms with Crippen LogP contribution in [0.1, 0.15) is 136 Å². The average Bonchev–Trinajstić information content (AvgIpc) is 3.13. The lowest BCUT2D eigenvalue weighted by atomic mass is 10.1. The molecule has 4 N–H and O–H groups in total. The minimum absolute atomic E-state index is 0.132. The first kappa shape index (κ1) is 49.9. The molecule has 3 atom stereocenters. The topological polar surface area (TPSA) is 172 Å². The van der Waals surface area contributed by atoms with E-state index in [0.717, 1.165) is 83.5 Å². The molecule has 0 aliphatic rings. The van der Waals surface area contributed by atoms with Gasteiger partial charge in [-0.3, -0.25) is 23.4 Å². The van der Waals surface area contributed by atoms with Gasteiger partial charge < -0.3 is 25.2 Å². The Balaban J connectivity index is 4.54. The maximum absolute atomic E-state index is 12.6. The van der Waals surface area contributed by atoms with E-state index in [2.05, 4.69) is 91.3 Å². The van der Waals surface area contributed by atoms with Gasteiger partial charge in [0.2, 0.25) is 0 Å². The van der Waals surface area contributed by atoms with Gasteiger partial charge in [-0.15, -0.1) is 0 Å². The van der Waals surface area contributed by atoms with Crippen LogP contribution < -0.4 is 5.73 Å². The Morgan fingerprint density at radius 1 is 0.604 bits per heavy atom. The van der Waals surface area contributed by atoms with Gasteiger partial charge in [0.1, 0.15) is 12.6 Å². The fourth-order valence-electron chi connectivity index (χ4n) is 4.60. The van der Waals surface area contributed by atoms with E-state index in [1.54, 1.807) is 0 Å². The lowest BCUT2D eigenvalue weighted by Crippen LogP contribution is -2.34. The van der Waals surface area contributed by atoms with Gasteiger partial charge in [-0.2, -0.15) is 0 Å². The van der Waals surface area contributed by atoms with E-state index in [1.807, 2.05) is 0 Å². The van der Waals surface area contributed by atoms with E-state index in [4.69, 9.17) is 24.8 Å². The summed E-state index contributed by atoms with van der Waals surface area (Å²) in [4.78, 5) is 45.8. The number of aliphatic carboxylic acids is 1. The third-order valence-corrected chi connectivity index (χ3v) is 8.64. The summed E-state index contributed by atoms with van der Waals surface area (Å²) in [5.74, 6) is -2.46. The Bertz CT molecular complexity index is 1180. The number of carbonyl (C=O) groups excluding carboxylic acids is 2. The minimum Gasteiger partial charge on any atom is -0.480 e. The summed E-state index contributed by atoms with van der Waals surface area (Å²) in [6.07, 6.45) is 41.2. The van der Waals surface area contributed by atoms with Crippen molar-refractivity contribution in [3.8, 4) is 0 Å². The maximum atomic E-state index is 12.6. The normalized spacial score (nSPS) is 14.6. The molecule has 12 heteroatoms. The summed E-state index contributed by atoms with van der Waals surface area (Å²) in [6.45, 7) is 2.56. The highest BCUT2D eigenvalue weighted by atomic mass is 31.2. The molecule has 53 heavy (non-hydrogen) atoms. The van der Waals surface area contributed by atoms with Gasteiger partial charge in [-0.05, 0) is 77.0 Å². The highest BCUT2D eigenvalue weighted by Crippen LogP contribution is 2.43. The molecule has 0 aliphatic carbocycles. The van der Waals surface area contributed by atoms with Crippen LogP contribution in [-0.4, -0.2) is 59.9 Å². The van der Waals surface area contributed by atoms with Crippen molar-refractivity contribution in [2.45, 2.75) is 148 Å². The number of esters is 2. The van der Waals surface area contributed by atoms with Crippen LogP contribution in [0.15, 0.2) is 72.9 Å². The van der Waals surface area contributed by atoms with Crippen molar-refractivity contribution in [2.24, 2.45) is 5.73 Å². The first-order valence-electron chi connectivity index (χ1n) is 19.5. The van der Waals surface area contributed by atoms with Gasteiger partial charge in [-0.25, -0.2) is 4.57 Å². The standard InChI is InChI=1S/C41H68NO10P/c1-3-5-7-9-11-13-15-17-19-21-22-24-26-28-30-32-39(43)49-34-37(35-50-53(47,48)51-36-38(42)41(45)46)52-40(44)33-31-29-27-25-23-20-18-16-14-12-10-8-6-4-2/h5,7,10-13,16-19,22,24,37-38H,3-4,6,8-9,14-15,20-21,23,25-36,42H2,1-2H3,(H,45,46)(H,47,48)/b7-5+,12-10+,13-11+,18-16+,19-17+,24-22+/t37-,38+/m1/s1. The Kier molecular flexibility index (Phi) is 33.8. The lowest BCUT2D eigenvalue weighted by Gasteiger charge is -2.20. The molecule has 0 aromatic heterocycles. The van der Waals surface area contributed by atoms with Crippen molar-refractivity contribution >= 4 is 25.7 Å². The first-order chi connectivity index (χ1) is 25.6. The highest BCUT2D eigenvalue weighted by Gasteiger charge is 2.28. The van der Waals surface area contributed by atoms with Gasteiger partial charge in [0, 0.05) is 12.8 Å². The molecule has 0 fully saturated rings. The monoisotopic (exact) mass is 765 g/mol. The molecule has 0 bridgehead atoms. The highest BCUT2D eigenvalue weighted by molar-refractivity contribution is 7.47. The summed E-state index contributed by atoms with van der Waals surface area (Å²) >= 11 is 0. The van der Waals surface area contributed by atoms with Gasteiger partial charge in [0.05, 0.1) is 13.2 Å². The molecule has 0 radical (unpaired) electrons. The Morgan fingerprint density at radius 3 is 1.62 bits per heavy atom. The van der Waals surface area contributed by atoms with Crippen LogP contribution in [0.2, 0.25) is 0 Å². The molecule has 11 nitrogen and oxygen atoms in total. The zero-order valence-electron chi connectivity index (χ0n) is 32.3. The van der Waals surface area contributed by atoms with E-state index in [0.29, 0.717) is 12.8 Å². The number of nitrogens with two attached hydrogens (primary N) is 1. The number of ether oxygens (including phenoxy) is 2. The molecule has 0 spiro atoms. The summed E-state index contributed by atoms with van der Waals surface area (Å²) in [5, 5.41) is 8.86. The van der Waals surface area contributed by atoms with Crippen LogP contribution in [0.3, 0.4) is 0 Å². The molecule has 0 rings (SSSR count). The molecule has 0 saturated heterocycles. The first-order valence-corrected chi connectivity index (χ1v) is 21.0. The van der Waals surface area contributed by atoms with E-state index >= 15 is 0 Å². The van der Waals surface area contributed by atoms with Crippen molar-refractivity contribution in [3.05, 3.63) is 72.9 Å². The largest absolute Gasteiger partial charge is 0.480 e. The Morgan fingerprint density at radius 2 is 1.06 bits per heavy atom. The molecule has 0 amide bonds. The fourth-order valence-corrected chi connectivity index (χ4v) is 5.38. The third-order valence-electron chi connectivity index (χ3n) is 7.69. The Labute approximate surface area is 319 Å². The lowest BCUT2D eigenvalue weighted by molar-refractivity contribution is -0.161. The number of carboxylic acid groups (broad SMARTS) is 1. The number of allylic oxidation sites excluding steroid dienone is 12. The van der Waals surface area contributed by atoms with Gasteiger partial charge in [0.25, 0.3) is 0 Å². The van der Waals surface area contributed by atoms with Crippen molar-refractivity contribution in [1.29, 1.82) is 0 Å². The molecule has 302 valence electrons. The molecule has 0 heterocycles. The molecule has 1 unspecified atom stereocenters. The zero-order valence-corrected chi connectivity index (χ0v) is 33.2. The van der Waals surface area contributed by atoms with E-state index in [1.165, 1.54) is 12.8 Å². The Hall–Kier alpha value is -3.08. The minimum atomic E-state index is -4.73. The number of carbonyl (C=O) groups is 3. The molecular formula is C41H68NO10P. The van der Waals surface area contributed by atoms with Crippen LogP contribution in [0, 0.1) is 0 Å². The number of unbranched alkanes of at least 4 members (excludes halogenated alkanes) is 9. The molecule has 0 aliphatic heterocycles. The maximum Gasteiger partial charge on any atom is 0.472 e. The second-order valence-electron chi connectivity index (χ2n) is 12.7. The van der Waals surface area contributed by atoms with Gasteiger partial charge in [-0.1, -0.05) is 119 Å². The van der Waals surface area contributed by atoms with Crippen LogP contribution in [-0.2, 0) is 37.5 Å². The second-order valence-corrected chi connectivity index (χ2v) is 14.1. The molecule has 0 saturated carbocycles. The number of carboxylic acids is 1. The zero-order chi connectivity index (χ0) is 39.3. The van der Waals surface area contributed by atoms with Crippen molar-refractivity contribution < 1.29 is 47.5 Å². The SMILES string of the molecule is CC/C=C/C/C=C/C/C=C/C/C=C/CCCCC(=O)OC[C@H](COP(=O)(O)OC[C@H](N)C(=O)O)OC(=O)CCCCCCC/C=C/C/C=C/CCCC. The summed E-state index contributed by atoms with van der Waals surface area (Å²) in [6, 6.07) is -1.53. The van der Waals surface area contributed by atoms with Crippen molar-refractivity contribution in [1.82, 2.24) is 0 Å². The summed E-state index contributed by atoms with van der Waals surface area (Å²) < 4.78 is 32.5. The van der Waals surface area contributed by atoms with Crippen LogP contribution in [0.25, 0.3) is 0 Å². The second kappa shape index (κ2) is 35.9. The number of phosphoric ester groups is 1. The smallest absolute Gasteiger partial charge is 0.472 e. The van der Waals surface area contributed by atoms with Crippen molar-refractivity contribution in [3.63, 3.8) is 0 Å². The molecule has 0 aromatic rings. The van der Waals surface area contributed by atoms with E-state index in [-0.39, 0.29) is 19.4 Å². The summed E-state index contributed by atoms with van der Waals surface area (Å²) in [5.41, 5.74) is 5.31. The summed E-state index contributed by atoms with van der Waals surface area (Å²) in [7, 11) is -4.73. The van der Waals surface area contributed by atoms with Gasteiger partial charge >= 0.3 is 25.7 Å². The van der Waals surface area contributed by atoms with Crippen LogP contribution >= 0.6 is 7.82 Å². The quantitative estimate of drug-likeness (QED) is 0.0243. The van der Waals surface area contributed by atoms with Gasteiger partial charge in [0.15, 0.2) is 6.10 Å². The van der Waals surface area contributed by atoms with Crippen LogP contribution in [0.5, 0.6) is 0 Å². The van der Waals surface area contributed by atoms with Crippen molar-refractivity contribution in [2.75, 3.05) is 19.8 Å². The number of hydrogen-bond acceptors (Lipinski definition) is 9. The predicted octanol–water partition coefficient (Wildman–Crippen LogP) is 9.78. The fraction of sp³-hybridized carbons (Fsp3) is 0.634. The number of hydrogen-bond donors (Lipinski definition) is 3. The predicted molar refractivity (Wildman–Crippen MR) is 212 cm³/mol. The number of rotatable bonds is 35. The third kappa shape index (κ3) is 35.7. The molecular weight excluding hydrogens is 697 g/mol. The van der Waals surface area contributed by atoms with Crippen LogP contribution in [0.4, 0.5) is 0 Å². The average molecular weight is 766 g/mol. The molecule has 0 aromatic carbocycles.